The molecule has 2 aromatic carbocycles. The van der Waals surface area contributed by atoms with Crippen LogP contribution in [-0.4, -0.2) is 23.9 Å². The molecule has 0 bridgehead atoms. The summed E-state index contributed by atoms with van der Waals surface area (Å²) in [5.41, 5.74) is 3.17. The predicted molar refractivity (Wildman–Crippen MR) is 95.2 cm³/mol. The van der Waals surface area contributed by atoms with Crippen molar-refractivity contribution in [2.24, 2.45) is 0 Å². The highest BCUT2D eigenvalue weighted by Gasteiger charge is 2.18. The minimum atomic E-state index is -0.899. The van der Waals surface area contributed by atoms with Crippen molar-refractivity contribution in [1.82, 2.24) is 4.90 Å². The van der Waals surface area contributed by atoms with Crippen LogP contribution in [0, 0.1) is 23.1 Å². The summed E-state index contributed by atoms with van der Waals surface area (Å²) < 4.78 is 27.4. The Bertz CT molecular complexity index is 893. The van der Waals surface area contributed by atoms with Crippen LogP contribution < -0.4 is 5.32 Å². The monoisotopic (exact) mass is 353 g/mol. The molecule has 4 nitrogen and oxygen atoms in total. The van der Waals surface area contributed by atoms with E-state index < -0.39 is 23.1 Å². The molecule has 0 saturated heterocycles. The number of nitrogens with one attached hydrogen (secondary N) is 1. The molecule has 1 N–H and O–H groups in total. The van der Waals surface area contributed by atoms with Crippen molar-refractivity contribution in [2.45, 2.75) is 13.3 Å². The van der Waals surface area contributed by atoms with Gasteiger partial charge in [0.1, 0.15) is 17.2 Å². The standard InChI is InChI=1S/C20H17F2N3O/c1-13-11-25(12-23)10-9-16(13)14-5-7-15(8-6-14)24-20(26)19-17(21)3-2-4-18(19)22/h2-8H,9-11H2,1H3,(H,24,26). The van der Waals surface area contributed by atoms with Gasteiger partial charge in [0.25, 0.3) is 5.91 Å². The van der Waals surface area contributed by atoms with Gasteiger partial charge in [0.05, 0.1) is 0 Å². The second-order valence-corrected chi connectivity index (χ2v) is 6.16. The average Bonchev–Trinajstić information content (AvgIpc) is 2.62. The van der Waals surface area contributed by atoms with Gasteiger partial charge in [-0.05, 0) is 54.3 Å². The molecule has 0 spiro atoms. The van der Waals surface area contributed by atoms with Gasteiger partial charge in [-0.1, -0.05) is 18.2 Å². The number of carbonyl (C=O) groups excluding carboxylic acids is 1. The Kier molecular flexibility index (Phi) is 4.99. The number of amides is 1. The first-order chi connectivity index (χ1) is 12.5. The summed E-state index contributed by atoms with van der Waals surface area (Å²) in [4.78, 5) is 13.8. The van der Waals surface area contributed by atoms with Crippen LogP contribution in [-0.2, 0) is 0 Å². The number of hydrogen-bond donors (Lipinski definition) is 1. The molecule has 0 atom stereocenters. The SMILES string of the molecule is CC1=C(c2ccc(NC(=O)c3c(F)cccc3F)cc2)CCN(C#N)C1. The fourth-order valence-corrected chi connectivity index (χ4v) is 3.06. The zero-order valence-corrected chi connectivity index (χ0v) is 14.2. The van der Waals surface area contributed by atoms with E-state index in [-0.39, 0.29) is 0 Å². The van der Waals surface area contributed by atoms with E-state index >= 15 is 0 Å². The van der Waals surface area contributed by atoms with E-state index in [2.05, 4.69) is 11.5 Å². The number of nitriles is 1. The lowest BCUT2D eigenvalue weighted by Crippen LogP contribution is -2.26. The normalized spacial score (nSPS) is 14.2. The van der Waals surface area contributed by atoms with Crippen molar-refractivity contribution in [2.75, 3.05) is 18.4 Å². The van der Waals surface area contributed by atoms with Crippen LogP contribution in [0.3, 0.4) is 0 Å². The molecular weight excluding hydrogens is 336 g/mol. The summed E-state index contributed by atoms with van der Waals surface area (Å²) in [5, 5.41) is 11.5. The Morgan fingerprint density at radius 3 is 2.38 bits per heavy atom. The molecule has 132 valence electrons. The molecule has 0 aliphatic carbocycles. The summed E-state index contributed by atoms with van der Waals surface area (Å²) in [5.74, 6) is -2.63. The van der Waals surface area contributed by atoms with E-state index in [0.717, 1.165) is 29.7 Å². The number of carbonyl (C=O) groups is 1. The van der Waals surface area contributed by atoms with Crippen molar-refractivity contribution in [3.63, 3.8) is 0 Å². The Hall–Kier alpha value is -3.20. The molecule has 1 heterocycles. The first-order valence-corrected chi connectivity index (χ1v) is 8.18. The van der Waals surface area contributed by atoms with E-state index in [1.165, 1.54) is 11.6 Å². The number of nitrogens with zero attached hydrogens (tertiary/aromatic N) is 2. The maximum Gasteiger partial charge on any atom is 0.261 e. The third-order valence-electron chi connectivity index (χ3n) is 4.40. The largest absolute Gasteiger partial charge is 0.322 e. The average molecular weight is 353 g/mol. The van der Waals surface area contributed by atoms with Gasteiger partial charge in [0.15, 0.2) is 6.19 Å². The molecule has 6 heteroatoms. The topological polar surface area (TPSA) is 56.1 Å². The van der Waals surface area contributed by atoms with Crippen molar-refractivity contribution in [3.8, 4) is 6.19 Å². The van der Waals surface area contributed by atoms with E-state index in [0.29, 0.717) is 18.8 Å². The zero-order chi connectivity index (χ0) is 18.7. The first kappa shape index (κ1) is 17.6. The first-order valence-electron chi connectivity index (χ1n) is 8.18. The molecule has 3 rings (SSSR count). The fourth-order valence-electron chi connectivity index (χ4n) is 3.06. The second-order valence-electron chi connectivity index (χ2n) is 6.16. The van der Waals surface area contributed by atoms with Crippen molar-refractivity contribution < 1.29 is 13.6 Å². The zero-order valence-electron chi connectivity index (χ0n) is 14.2. The number of rotatable bonds is 3. The number of halogens is 2. The van der Waals surface area contributed by atoms with E-state index in [4.69, 9.17) is 5.26 Å². The highest BCUT2D eigenvalue weighted by molar-refractivity contribution is 6.04. The van der Waals surface area contributed by atoms with Crippen LogP contribution in [0.15, 0.2) is 48.0 Å². The number of anilines is 1. The number of hydrogen-bond acceptors (Lipinski definition) is 3. The Morgan fingerprint density at radius 1 is 1.15 bits per heavy atom. The highest BCUT2D eigenvalue weighted by atomic mass is 19.1. The van der Waals surface area contributed by atoms with Gasteiger partial charge in [0.2, 0.25) is 0 Å². The Labute approximate surface area is 150 Å². The lowest BCUT2D eigenvalue weighted by molar-refractivity contribution is 0.101. The third kappa shape index (κ3) is 3.57. The maximum atomic E-state index is 13.7. The molecule has 0 saturated carbocycles. The molecule has 1 aliphatic rings. The van der Waals surface area contributed by atoms with Gasteiger partial charge in [0, 0.05) is 18.8 Å². The van der Waals surface area contributed by atoms with Crippen LogP contribution in [0.2, 0.25) is 0 Å². The minimum Gasteiger partial charge on any atom is -0.322 e. The molecule has 26 heavy (non-hydrogen) atoms. The summed E-state index contributed by atoms with van der Waals surface area (Å²) >= 11 is 0. The predicted octanol–water partition coefficient (Wildman–Crippen LogP) is 4.18. The number of benzene rings is 2. The van der Waals surface area contributed by atoms with Crippen LogP contribution >= 0.6 is 0 Å². The van der Waals surface area contributed by atoms with Gasteiger partial charge in [-0.25, -0.2) is 8.78 Å². The van der Waals surface area contributed by atoms with Crippen molar-refractivity contribution in [1.29, 1.82) is 5.26 Å². The summed E-state index contributed by atoms with van der Waals surface area (Å²) in [6.07, 6.45) is 2.92. The molecule has 0 radical (unpaired) electrons. The minimum absolute atomic E-state index is 0.453. The van der Waals surface area contributed by atoms with Crippen LogP contribution in [0.25, 0.3) is 5.57 Å². The smallest absolute Gasteiger partial charge is 0.261 e. The fraction of sp³-hybridized carbons (Fsp3) is 0.200. The van der Waals surface area contributed by atoms with E-state index in [9.17, 15) is 13.6 Å². The van der Waals surface area contributed by atoms with Crippen LogP contribution in [0.4, 0.5) is 14.5 Å². The Morgan fingerprint density at radius 2 is 1.81 bits per heavy atom. The molecule has 0 unspecified atom stereocenters. The van der Waals surface area contributed by atoms with Crippen LogP contribution in [0.1, 0.15) is 29.3 Å². The van der Waals surface area contributed by atoms with E-state index in [1.807, 2.05) is 19.1 Å². The quantitative estimate of drug-likeness (QED) is 0.843. The Balaban J connectivity index is 1.77. The second kappa shape index (κ2) is 7.36. The molecule has 0 aromatic heterocycles. The summed E-state index contributed by atoms with van der Waals surface area (Å²) in [6, 6.07) is 10.4. The molecule has 1 amide bonds. The lowest BCUT2D eigenvalue weighted by atomic mass is 9.94. The van der Waals surface area contributed by atoms with Gasteiger partial charge < -0.3 is 10.2 Å². The summed E-state index contributed by atoms with van der Waals surface area (Å²) in [6.45, 7) is 3.28. The summed E-state index contributed by atoms with van der Waals surface area (Å²) in [7, 11) is 0. The third-order valence-corrected chi connectivity index (χ3v) is 4.40. The van der Waals surface area contributed by atoms with Gasteiger partial charge in [-0.15, -0.1) is 0 Å². The maximum absolute atomic E-state index is 13.7. The molecular formula is C20H17F2N3O. The van der Waals surface area contributed by atoms with Crippen molar-refractivity contribution in [3.05, 3.63) is 70.8 Å². The highest BCUT2D eigenvalue weighted by Crippen LogP contribution is 2.28. The molecule has 1 aliphatic heterocycles. The van der Waals surface area contributed by atoms with Gasteiger partial charge in [-0.3, -0.25) is 4.79 Å². The van der Waals surface area contributed by atoms with Crippen molar-refractivity contribution >= 4 is 17.2 Å². The van der Waals surface area contributed by atoms with E-state index in [1.54, 1.807) is 17.0 Å². The molecule has 2 aromatic rings. The lowest BCUT2D eigenvalue weighted by Gasteiger charge is -2.25. The van der Waals surface area contributed by atoms with Gasteiger partial charge >= 0.3 is 0 Å². The van der Waals surface area contributed by atoms with Gasteiger partial charge in [-0.2, -0.15) is 5.26 Å². The molecule has 0 fully saturated rings. The van der Waals surface area contributed by atoms with Crippen LogP contribution in [0.5, 0.6) is 0 Å².